The molecule has 2 heterocycles. The van der Waals surface area contributed by atoms with Crippen molar-refractivity contribution in [3.8, 4) is 22.9 Å². The second-order valence-electron chi connectivity index (χ2n) is 6.60. The smallest absolute Gasteiger partial charge is 0.417 e. The number of nitrogens with zero attached hydrogens (tertiary/aromatic N) is 2. The van der Waals surface area contributed by atoms with Crippen molar-refractivity contribution in [1.82, 2.24) is 10.1 Å². The Bertz CT molecular complexity index is 1210. The van der Waals surface area contributed by atoms with Crippen molar-refractivity contribution in [1.29, 1.82) is 0 Å². The summed E-state index contributed by atoms with van der Waals surface area (Å²) in [6.07, 6.45) is -3.24. The summed E-state index contributed by atoms with van der Waals surface area (Å²) in [6.45, 7) is -0.303. The number of carbonyl (C=O) groups is 1. The van der Waals surface area contributed by atoms with E-state index in [1.165, 1.54) is 42.6 Å². The third-order valence-electron chi connectivity index (χ3n) is 4.35. The average molecular weight is 440 g/mol. The fourth-order valence-corrected chi connectivity index (χ4v) is 2.85. The molecule has 0 saturated heterocycles. The Morgan fingerprint density at radius 3 is 2.44 bits per heavy atom. The van der Waals surface area contributed by atoms with Crippen LogP contribution in [0.25, 0.3) is 11.3 Å². The second-order valence-corrected chi connectivity index (χ2v) is 6.60. The number of esters is 1. The van der Waals surface area contributed by atoms with E-state index in [1.54, 1.807) is 12.1 Å². The van der Waals surface area contributed by atoms with Crippen molar-refractivity contribution < 1.29 is 32.0 Å². The molecule has 6 nitrogen and oxygen atoms in total. The van der Waals surface area contributed by atoms with E-state index in [-0.39, 0.29) is 29.2 Å². The summed E-state index contributed by atoms with van der Waals surface area (Å²) in [6, 6.07) is 18.3. The van der Waals surface area contributed by atoms with Crippen LogP contribution in [0.5, 0.6) is 11.6 Å². The van der Waals surface area contributed by atoms with Gasteiger partial charge in [-0.15, -0.1) is 0 Å². The summed E-state index contributed by atoms with van der Waals surface area (Å²) in [4.78, 5) is 16.3. The maximum atomic E-state index is 13.2. The van der Waals surface area contributed by atoms with Gasteiger partial charge >= 0.3 is 12.1 Å². The highest BCUT2D eigenvalue weighted by molar-refractivity contribution is 5.89. The zero-order chi connectivity index (χ0) is 22.6. The van der Waals surface area contributed by atoms with Crippen molar-refractivity contribution in [2.45, 2.75) is 12.8 Å². The van der Waals surface area contributed by atoms with Crippen molar-refractivity contribution in [3.05, 3.63) is 95.9 Å². The normalized spacial score (nSPS) is 11.2. The third kappa shape index (κ3) is 4.94. The Morgan fingerprint density at radius 2 is 1.72 bits per heavy atom. The number of alkyl halides is 3. The molecule has 0 aliphatic heterocycles. The molecule has 4 aromatic rings. The van der Waals surface area contributed by atoms with Gasteiger partial charge in [-0.2, -0.15) is 13.2 Å². The molecule has 2 aromatic heterocycles. The summed E-state index contributed by atoms with van der Waals surface area (Å²) < 4.78 is 55.3. The molecule has 0 unspecified atom stereocenters. The van der Waals surface area contributed by atoms with Crippen LogP contribution in [0.3, 0.4) is 0 Å². The summed E-state index contributed by atoms with van der Waals surface area (Å²) in [5.74, 6) is 0.319. The molecular weight excluding hydrogens is 425 g/mol. The van der Waals surface area contributed by atoms with Gasteiger partial charge in [0.05, 0.1) is 11.1 Å². The van der Waals surface area contributed by atoms with Crippen LogP contribution in [0, 0.1) is 0 Å². The Labute approximate surface area is 180 Å². The first-order chi connectivity index (χ1) is 15.4. The number of ether oxygens (including phenoxy) is 2. The summed E-state index contributed by atoms with van der Waals surface area (Å²) in [5, 5.41) is 3.67. The highest BCUT2D eigenvalue weighted by Crippen LogP contribution is 2.36. The minimum atomic E-state index is -4.54. The van der Waals surface area contributed by atoms with Gasteiger partial charge in [0.2, 0.25) is 5.88 Å². The molecule has 0 N–H and O–H groups in total. The lowest BCUT2D eigenvalue weighted by Crippen LogP contribution is -2.07. The molecule has 0 fully saturated rings. The minimum Gasteiger partial charge on any atom is -0.454 e. The molecule has 0 amide bonds. The molecule has 2 aromatic carbocycles. The summed E-state index contributed by atoms with van der Waals surface area (Å²) in [7, 11) is 0. The first kappa shape index (κ1) is 21.1. The topological polar surface area (TPSA) is 74.5 Å². The minimum absolute atomic E-state index is 0.00643. The van der Waals surface area contributed by atoms with Crippen LogP contribution < -0.4 is 4.74 Å². The molecule has 32 heavy (non-hydrogen) atoms. The molecule has 0 radical (unpaired) electrons. The van der Waals surface area contributed by atoms with E-state index in [2.05, 4.69) is 10.1 Å². The van der Waals surface area contributed by atoms with Gasteiger partial charge in [-0.3, -0.25) is 0 Å². The Morgan fingerprint density at radius 1 is 0.969 bits per heavy atom. The molecule has 0 bridgehead atoms. The molecule has 0 spiro atoms. The molecular formula is C23H15F3N2O4. The first-order valence-corrected chi connectivity index (χ1v) is 9.38. The van der Waals surface area contributed by atoms with Crippen molar-refractivity contribution in [2.75, 3.05) is 0 Å². The van der Waals surface area contributed by atoms with E-state index >= 15 is 0 Å². The maximum absolute atomic E-state index is 13.2. The number of benzene rings is 2. The van der Waals surface area contributed by atoms with Crippen LogP contribution in [0.1, 0.15) is 21.7 Å². The largest absolute Gasteiger partial charge is 0.454 e. The summed E-state index contributed by atoms with van der Waals surface area (Å²) in [5.41, 5.74) is -0.791. The second kappa shape index (κ2) is 8.93. The Balaban J connectivity index is 1.39. The van der Waals surface area contributed by atoms with Gasteiger partial charge < -0.3 is 14.0 Å². The van der Waals surface area contributed by atoms with Gasteiger partial charge in [-0.1, -0.05) is 41.6 Å². The molecule has 0 atom stereocenters. The third-order valence-corrected chi connectivity index (χ3v) is 4.35. The lowest BCUT2D eigenvalue weighted by atomic mass is 10.0. The number of carbonyl (C=O) groups excluding carboxylic acids is 1. The van der Waals surface area contributed by atoms with Gasteiger partial charge in [-0.25, -0.2) is 9.78 Å². The van der Waals surface area contributed by atoms with E-state index in [0.29, 0.717) is 11.6 Å². The van der Waals surface area contributed by atoms with Gasteiger partial charge in [-0.05, 0) is 24.3 Å². The molecule has 162 valence electrons. The fraction of sp³-hybridized carbons (Fsp3) is 0.0870. The van der Waals surface area contributed by atoms with E-state index in [4.69, 9.17) is 14.0 Å². The van der Waals surface area contributed by atoms with Crippen LogP contribution in [-0.2, 0) is 17.5 Å². The molecule has 9 heteroatoms. The van der Waals surface area contributed by atoms with Gasteiger partial charge in [0.1, 0.15) is 11.4 Å². The van der Waals surface area contributed by atoms with Crippen LogP contribution >= 0.6 is 0 Å². The van der Waals surface area contributed by atoms with Crippen LogP contribution in [0.2, 0.25) is 0 Å². The number of hydrogen-bond acceptors (Lipinski definition) is 6. The predicted molar refractivity (Wildman–Crippen MR) is 107 cm³/mol. The Hall–Kier alpha value is -4.14. The highest BCUT2D eigenvalue weighted by Gasteiger charge is 2.34. The summed E-state index contributed by atoms with van der Waals surface area (Å²) >= 11 is 0. The van der Waals surface area contributed by atoms with E-state index < -0.39 is 17.7 Å². The number of pyridine rings is 1. The van der Waals surface area contributed by atoms with E-state index in [1.807, 2.05) is 18.2 Å². The maximum Gasteiger partial charge on any atom is 0.417 e. The molecule has 0 aliphatic carbocycles. The lowest BCUT2D eigenvalue weighted by Gasteiger charge is -2.10. The monoisotopic (exact) mass is 440 g/mol. The van der Waals surface area contributed by atoms with Gasteiger partial charge in [0.15, 0.2) is 12.4 Å². The van der Waals surface area contributed by atoms with Crippen molar-refractivity contribution in [3.63, 3.8) is 0 Å². The average Bonchev–Trinajstić information content (AvgIpc) is 3.27. The van der Waals surface area contributed by atoms with Crippen molar-refractivity contribution in [2.24, 2.45) is 0 Å². The highest BCUT2D eigenvalue weighted by atomic mass is 19.4. The van der Waals surface area contributed by atoms with Gasteiger partial charge in [0.25, 0.3) is 0 Å². The zero-order valence-electron chi connectivity index (χ0n) is 16.4. The van der Waals surface area contributed by atoms with E-state index in [9.17, 15) is 18.0 Å². The number of para-hydroxylation sites is 1. The SMILES string of the molecule is O=C(OCc1cc(-c2ccccc2C(F)(F)F)no1)c1ccc(Oc2ccccc2)nc1. The van der Waals surface area contributed by atoms with E-state index in [0.717, 1.165) is 6.07 Å². The molecule has 0 aliphatic rings. The first-order valence-electron chi connectivity index (χ1n) is 9.38. The van der Waals surface area contributed by atoms with Crippen LogP contribution in [0.4, 0.5) is 13.2 Å². The van der Waals surface area contributed by atoms with Crippen LogP contribution in [-0.4, -0.2) is 16.1 Å². The zero-order valence-corrected chi connectivity index (χ0v) is 16.4. The standard InChI is InChI=1S/C23H15F3N2O4/c24-23(25,26)19-9-5-4-8-18(19)20-12-17(32-28-20)14-30-22(29)15-10-11-21(27-13-15)31-16-6-2-1-3-7-16/h1-13H,14H2. The van der Waals surface area contributed by atoms with Gasteiger partial charge in [0, 0.05) is 23.9 Å². The molecule has 0 saturated carbocycles. The van der Waals surface area contributed by atoms with Crippen molar-refractivity contribution >= 4 is 5.97 Å². The predicted octanol–water partition coefficient (Wildman–Crippen LogP) is 5.90. The number of hydrogen-bond donors (Lipinski definition) is 0. The quantitative estimate of drug-likeness (QED) is 0.347. The number of halogens is 3. The number of rotatable bonds is 6. The van der Waals surface area contributed by atoms with Crippen LogP contribution in [0.15, 0.2) is 83.5 Å². The Kier molecular flexibility index (Phi) is 5.89. The number of aromatic nitrogens is 2. The lowest BCUT2D eigenvalue weighted by molar-refractivity contribution is -0.137. The fourth-order valence-electron chi connectivity index (χ4n) is 2.85. The molecule has 4 rings (SSSR count).